The zero-order valence-corrected chi connectivity index (χ0v) is 6.65. The van der Waals surface area contributed by atoms with E-state index in [-0.39, 0.29) is 0 Å². The summed E-state index contributed by atoms with van der Waals surface area (Å²) in [6.45, 7) is 0. The molecule has 0 atom stereocenters. The van der Waals surface area contributed by atoms with E-state index in [1.54, 1.807) is 0 Å². The van der Waals surface area contributed by atoms with E-state index < -0.39 is 0 Å². The third kappa shape index (κ3) is 5.12. The van der Waals surface area contributed by atoms with E-state index in [0.29, 0.717) is 9.76 Å². The molecular formula is CH2IOSi2. The fourth-order valence-corrected chi connectivity index (χ4v) is 1.65. The maximum atomic E-state index is 4.52. The van der Waals surface area contributed by atoms with Crippen LogP contribution in [0.25, 0.3) is 0 Å². The molecule has 1 nitrogen and oxygen atoms in total. The Kier molecular flexibility index (Phi) is 6.28. The van der Waals surface area contributed by atoms with Gasteiger partial charge in [0, 0.05) is 4.05 Å². The third-order valence-electron chi connectivity index (χ3n) is 0.127. The molecule has 0 heterocycles. The number of hydrogen-bond donors (Lipinski definition) is 0. The highest BCUT2D eigenvalue weighted by Gasteiger charge is 1.74. The summed E-state index contributed by atoms with van der Waals surface area (Å²) in [7, 11) is 3.46. The lowest BCUT2D eigenvalue weighted by Crippen LogP contribution is -1.93. The van der Waals surface area contributed by atoms with Crippen molar-refractivity contribution in [3.05, 3.63) is 0 Å². The van der Waals surface area contributed by atoms with Gasteiger partial charge in [0.15, 0.2) is 0 Å². The van der Waals surface area contributed by atoms with Crippen molar-refractivity contribution in [1.82, 2.24) is 0 Å². The van der Waals surface area contributed by atoms with E-state index in [1.807, 2.05) is 0 Å². The predicted octanol–water partition coefficient (Wildman–Crippen LogP) is 0.0982. The lowest BCUT2D eigenvalue weighted by atomic mass is 11.9. The topological polar surface area (TPSA) is 9.23 Å². The lowest BCUT2D eigenvalue weighted by molar-refractivity contribution is 0.670. The van der Waals surface area contributed by atoms with Crippen molar-refractivity contribution in [3.63, 3.8) is 0 Å². The van der Waals surface area contributed by atoms with E-state index in [0.717, 1.165) is 4.05 Å². The smallest absolute Gasteiger partial charge is 0.229 e. The predicted molar refractivity (Wildman–Crippen MR) is 31.5 cm³/mol. The fourth-order valence-electron chi connectivity index (χ4n) is 0.0273. The molecule has 0 rings (SSSR count). The van der Waals surface area contributed by atoms with Gasteiger partial charge in [0.25, 0.3) is 0 Å². The van der Waals surface area contributed by atoms with Gasteiger partial charge in [0.05, 0.1) is 0 Å². The van der Waals surface area contributed by atoms with Crippen LogP contribution in [-0.2, 0) is 4.12 Å². The van der Waals surface area contributed by atoms with Crippen molar-refractivity contribution in [2.75, 3.05) is 4.05 Å². The van der Waals surface area contributed by atoms with Gasteiger partial charge < -0.3 is 4.12 Å². The van der Waals surface area contributed by atoms with Crippen LogP contribution in [0, 0.1) is 0 Å². The quantitative estimate of drug-likeness (QED) is 0.359. The fraction of sp³-hybridized carbons (Fsp3) is 1.00. The Balaban J connectivity index is 2.19. The first kappa shape index (κ1) is 6.12. The van der Waals surface area contributed by atoms with E-state index in [4.69, 9.17) is 0 Å². The van der Waals surface area contributed by atoms with Crippen molar-refractivity contribution in [1.29, 1.82) is 0 Å². The zero-order chi connectivity index (χ0) is 4.12. The van der Waals surface area contributed by atoms with E-state index in [1.165, 1.54) is 0 Å². The van der Waals surface area contributed by atoms with Gasteiger partial charge in [-0.3, -0.25) is 0 Å². The first-order valence-corrected chi connectivity index (χ1v) is 4.08. The van der Waals surface area contributed by atoms with Crippen LogP contribution in [0.5, 0.6) is 0 Å². The van der Waals surface area contributed by atoms with Crippen molar-refractivity contribution >= 4 is 42.8 Å². The van der Waals surface area contributed by atoms with Crippen LogP contribution in [0.15, 0.2) is 0 Å². The molecule has 0 unspecified atom stereocenters. The second-order valence-corrected chi connectivity index (χ2v) is 4.04. The monoisotopic (exact) mass is 213 g/mol. The van der Waals surface area contributed by atoms with Gasteiger partial charge in [-0.1, -0.05) is 22.6 Å². The Hall–Kier alpha value is 1.12. The summed E-state index contributed by atoms with van der Waals surface area (Å²) >= 11 is 2.24. The molecule has 4 heteroatoms. The lowest BCUT2D eigenvalue weighted by Gasteiger charge is -1.79. The van der Waals surface area contributed by atoms with Crippen LogP contribution in [0.4, 0.5) is 0 Å². The normalized spacial score (nSPS) is 8.40. The van der Waals surface area contributed by atoms with Crippen molar-refractivity contribution in [2.45, 2.75) is 0 Å². The SMILES string of the molecule is [Si]O[Si]CI. The van der Waals surface area contributed by atoms with E-state index in [9.17, 15) is 0 Å². The largest absolute Gasteiger partial charge is 0.457 e. The molecule has 0 aromatic rings. The molecule has 0 aliphatic heterocycles. The molecule has 0 aromatic carbocycles. The molecular weight excluding hydrogens is 211 g/mol. The van der Waals surface area contributed by atoms with Gasteiger partial charge in [-0.2, -0.15) is 0 Å². The van der Waals surface area contributed by atoms with E-state index in [2.05, 4.69) is 37.2 Å². The van der Waals surface area contributed by atoms with Crippen LogP contribution >= 0.6 is 22.6 Å². The second-order valence-electron chi connectivity index (χ2n) is 0.380. The number of rotatable bonds is 2. The average molecular weight is 213 g/mol. The van der Waals surface area contributed by atoms with Gasteiger partial charge in [-0.05, 0) is 0 Å². The Labute approximate surface area is 51.1 Å². The highest BCUT2D eigenvalue weighted by atomic mass is 127. The second kappa shape index (κ2) is 5.12. The van der Waals surface area contributed by atoms with Crippen LogP contribution in [0.2, 0.25) is 0 Å². The van der Waals surface area contributed by atoms with Gasteiger partial charge in [0.2, 0.25) is 20.2 Å². The van der Waals surface area contributed by atoms with E-state index >= 15 is 0 Å². The molecule has 0 saturated heterocycles. The maximum absolute atomic E-state index is 4.52. The molecule has 0 aromatic heterocycles. The van der Waals surface area contributed by atoms with Gasteiger partial charge in [0.1, 0.15) is 0 Å². The Morgan fingerprint density at radius 3 is 2.60 bits per heavy atom. The maximum Gasteiger partial charge on any atom is 0.229 e. The molecule has 5 radical (unpaired) electrons. The summed E-state index contributed by atoms with van der Waals surface area (Å²) in [5.41, 5.74) is 0. The Bertz CT molecular complexity index is 17.1. The molecule has 0 amide bonds. The minimum atomic E-state index is 0.598. The Morgan fingerprint density at radius 1 is 2.00 bits per heavy atom. The highest BCUT2D eigenvalue weighted by molar-refractivity contribution is 14.1. The molecule has 0 saturated carbocycles. The van der Waals surface area contributed by atoms with Gasteiger partial charge in [-0.15, -0.1) is 0 Å². The van der Waals surface area contributed by atoms with Crippen LogP contribution in [0.3, 0.4) is 0 Å². The first-order valence-electron chi connectivity index (χ1n) is 1.03. The molecule has 0 fully saturated rings. The Morgan fingerprint density at radius 2 is 2.60 bits per heavy atom. The molecule has 0 bridgehead atoms. The third-order valence-corrected chi connectivity index (χ3v) is 1.75. The van der Waals surface area contributed by atoms with Crippen molar-refractivity contribution < 1.29 is 4.12 Å². The zero-order valence-electron chi connectivity index (χ0n) is 2.49. The average Bonchev–Trinajstić information content (AvgIpc) is 1.41. The molecule has 27 valence electrons. The van der Waals surface area contributed by atoms with Crippen LogP contribution < -0.4 is 0 Å². The first-order chi connectivity index (χ1) is 2.41. The standard InChI is InChI=1S/CH2IOSi2/c2-1-5-3-4/h1H2. The minimum Gasteiger partial charge on any atom is -0.457 e. The molecule has 0 aliphatic carbocycles. The summed E-state index contributed by atoms with van der Waals surface area (Å²) in [4.78, 5) is 0. The highest BCUT2D eigenvalue weighted by Crippen LogP contribution is 1.73. The molecule has 0 aliphatic rings. The van der Waals surface area contributed by atoms with Crippen molar-refractivity contribution in [3.8, 4) is 0 Å². The molecule has 0 N–H and O–H groups in total. The number of halogens is 1. The van der Waals surface area contributed by atoms with Crippen LogP contribution in [0.1, 0.15) is 0 Å². The van der Waals surface area contributed by atoms with Gasteiger partial charge >= 0.3 is 0 Å². The molecule has 0 spiro atoms. The summed E-state index contributed by atoms with van der Waals surface area (Å²) in [6, 6.07) is 0. The summed E-state index contributed by atoms with van der Waals surface area (Å²) in [6.07, 6.45) is 0. The summed E-state index contributed by atoms with van der Waals surface area (Å²) in [5, 5.41) is 0. The summed E-state index contributed by atoms with van der Waals surface area (Å²) < 4.78 is 5.59. The van der Waals surface area contributed by atoms with Crippen LogP contribution in [-0.4, -0.2) is 24.3 Å². The van der Waals surface area contributed by atoms with Gasteiger partial charge in [-0.25, -0.2) is 0 Å². The number of alkyl halides is 1. The summed E-state index contributed by atoms with van der Waals surface area (Å²) in [5.74, 6) is 0. The molecule has 5 heavy (non-hydrogen) atoms. The number of hydrogen-bond acceptors (Lipinski definition) is 1. The van der Waals surface area contributed by atoms with Crippen molar-refractivity contribution in [2.24, 2.45) is 0 Å². The minimum absolute atomic E-state index is 0.598.